The van der Waals surface area contributed by atoms with E-state index >= 15 is 0 Å². The van der Waals surface area contributed by atoms with Gasteiger partial charge < -0.3 is 9.80 Å². The van der Waals surface area contributed by atoms with Crippen molar-refractivity contribution >= 4 is 21.6 Å². The number of nitrogens with two attached hydrogens (primary N) is 1. The highest BCUT2D eigenvalue weighted by Gasteiger charge is 2.29. The van der Waals surface area contributed by atoms with Crippen LogP contribution in [0.1, 0.15) is 12.8 Å². The molecule has 1 fully saturated rings. The molecule has 0 saturated carbocycles. The van der Waals surface area contributed by atoms with Crippen LogP contribution in [0.2, 0.25) is 0 Å². The van der Waals surface area contributed by atoms with Crippen molar-refractivity contribution < 1.29 is 13.2 Å². The first kappa shape index (κ1) is 16.0. The summed E-state index contributed by atoms with van der Waals surface area (Å²) in [4.78, 5) is 16.4. The van der Waals surface area contributed by atoms with E-state index in [9.17, 15) is 13.2 Å². The predicted octanol–water partition coefficient (Wildman–Crippen LogP) is 0.949. The number of nitrogens with zero attached hydrogens (tertiary/aromatic N) is 2. The van der Waals surface area contributed by atoms with Crippen LogP contribution in [0.4, 0.5) is 5.69 Å². The van der Waals surface area contributed by atoms with Crippen molar-refractivity contribution in [1.82, 2.24) is 4.90 Å². The molecule has 0 atom stereocenters. The second kappa shape index (κ2) is 6.33. The molecule has 1 saturated heterocycles. The van der Waals surface area contributed by atoms with Gasteiger partial charge in [0.2, 0.25) is 15.9 Å². The largest absolute Gasteiger partial charge is 0.367 e. The lowest BCUT2D eigenvalue weighted by Gasteiger charge is -2.37. The van der Waals surface area contributed by atoms with Gasteiger partial charge in [-0.1, -0.05) is 24.3 Å². The molecule has 1 aliphatic carbocycles. The lowest BCUT2D eigenvalue weighted by Crippen LogP contribution is -2.50. The van der Waals surface area contributed by atoms with Crippen molar-refractivity contribution in [2.75, 3.05) is 31.1 Å². The first-order chi connectivity index (χ1) is 11.0. The number of rotatable bonds is 3. The number of carbonyl (C=O) groups is 1. The number of allylic oxidation sites excluding steroid dienone is 2. The molecule has 0 unspecified atom stereocenters. The Morgan fingerprint density at radius 2 is 1.65 bits per heavy atom. The summed E-state index contributed by atoms with van der Waals surface area (Å²) in [6.45, 7) is 2.43. The summed E-state index contributed by atoms with van der Waals surface area (Å²) in [7, 11) is -3.76. The molecule has 1 heterocycles. The molecule has 2 aliphatic rings. The summed E-state index contributed by atoms with van der Waals surface area (Å²) >= 11 is 0. The zero-order valence-electron chi connectivity index (χ0n) is 12.9. The Morgan fingerprint density at radius 1 is 1.04 bits per heavy atom. The van der Waals surface area contributed by atoms with Crippen LogP contribution in [0.5, 0.6) is 0 Å². The van der Waals surface area contributed by atoms with Crippen molar-refractivity contribution in [2.45, 2.75) is 17.7 Å². The number of carbonyl (C=O) groups excluding carboxylic acids is 1. The molecule has 0 radical (unpaired) electrons. The molecule has 1 amide bonds. The number of piperazine rings is 1. The van der Waals surface area contributed by atoms with E-state index in [4.69, 9.17) is 5.14 Å². The highest BCUT2D eigenvalue weighted by atomic mass is 32.2. The SMILES string of the molecule is NS(=O)(=O)c1ccccc1N1CCN(C(=O)C2CC=CC2)CC1. The zero-order chi connectivity index (χ0) is 16.4. The first-order valence-corrected chi connectivity index (χ1v) is 9.32. The highest BCUT2D eigenvalue weighted by molar-refractivity contribution is 7.89. The van der Waals surface area contributed by atoms with E-state index in [2.05, 4.69) is 12.2 Å². The van der Waals surface area contributed by atoms with Gasteiger partial charge >= 0.3 is 0 Å². The van der Waals surface area contributed by atoms with Crippen LogP contribution in [-0.4, -0.2) is 45.4 Å². The monoisotopic (exact) mass is 335 g/mol. The van der Waals surface area contributed by atoms with E-state index < -0.39 is 10.0 Å². The Kier molecular flexibility index (Phi) is 4.41. The maximum absolute atomic E-state index is 12.4. The van der Waals surface area contributed by atoms with Gasteiger partial charge in [0.15, 0.2) is 0 Å². The van der Waals surface area contributed by atoms with Gasteiger partial charge in [0, 0.05) is 32.1 Å². The lowest BCUT2D eigenvalue weighted by molar-refractivity contribution is -0.135. The minimum atomic E-state index is -3.76. The van der Waals surface area contributed by atoms with Crippen LogP contribution in [0.25, 0.3) is 0 Å². The summed E-state index contributed by atoms with van der Waals surface area (Å²) in [6.07, 6.45) is 5.77. The Bertz CT molecular complexity index is 714. The molecule has 6 nitrogen and oxygen atoms in total. The number of primary sulfonamides is 1. The van der Waals surface area contributed by atoms with E-state index in [-0.39, 0.29) is 16.7 Å². The third-order valence-electron chi connectivity index (χ3n) is 4.46. The van der Waals surface area contributed by atoms with Crippen LogP contribution in [-0.2, 0) is 14.8 Å². The van der Waals surface area contributed by atoms with Crippen molar-refractivity contribution in [1.29, 1.82) is 0 Å². The van der Waals surface area contributed by atoms with Crippen LogP contribution < -0.4 is 10.0 Å². The molecule has 23 heavy (non-hydrogen) atoms. The Balaban J connectivity index is 1.69. The van der Waals surface area contributed by atoms with Crippen molar-refractivity contribution in [3.05, 3.63) is 36.4 Å². The normalized spacial score (nSPS) is 19.3. The second-order valence-corrected chi connectivity index (χ2v) is 7.49. The van der Waals surface area contributed by atoms with Crippen molar-refractivity contribution in [3.8, 4) is 0 Å². The van der Waals surface area contributed by atoms with E-state index in [1.165, 1.54) is 6.07 Å². The number of hydrogen-bond donors (Lipinski definition) is 1. The van der Waals surface area contributed by atoms with Gasteiger partial charge in [-0.3, -0.25) is 4.79 Å². The van der Waals surface area contributed by atoms with Crippen LogP contribution in [0.3, 0.4) is 0 Å². The standard InChI is InChI=1S/C16H21N3O3S/c17-23(21,22)15-8-4-3-7-14(15)18-9-11-19(12-10-18)16(20)13-5-1-2-6-13/h1-4,7-8,13H,5-6,9-12H2,(H2,17,21,22). The second-order valence-electron chi connectivity index (χ2n) is 5.96. The first-order valence-electron chi connectivity index (χ1n) is 7.77. The molecule has 0 aromatic heterocycles. The van der Waals surface area contributed by atoms with Gasteiger partial charge in [-0.2, -0.15) is 0 Å². The fourth-order valence-corrected chi connectivity index (χ4v) is 3.96. The maximum Gasteiger partial charge on any atom is 0.240 e. The fraction of sp³-hybridized carbons (Fsp3) is 0.438. The molecule has 1 aromatic rings. The predicted molar refractivity (Wildman–Crippen MR) is 88.5 cm³/mol. The Hall–Kier alpha value is -1.86. The van der Waals surface area contributed by atoms with Gasteiger partial charge in [0.25, 0.3) is 0 Å². The molecule has 0 spiro atoms. The minimum absolute atomic E-state index is 0.0817. The van der Waals surface area contributed by atoms with Crippen LogP contribution in [0, 0.1) is 5.92 Å². The molecule has 124 valence electrons. The quantitative estimate of drug-likeness (QED) is 0.834. The number of amides is 1. The van der Waals surface area contributed by atoms with E-state index in [1.807, 2.05) is 9.80 Å². The Morgan fingerprint density at radius 3 is 2.26 bits per heavy atom. The number of anilines is 1. The van der Waals surface area contributed by atoms with Gasteiger partial charge in [0.1, 0.15) is 4.90 Å². The smallest absolute Gasteiger partial charge is 0.240 e. The fourth-order valence-electron chi connectivity index (χ4n) is 3.20. The third-order valence-corrected chi connectivity index (χ3v) is 5.42. The molecular formula is C16H21N3O3S. The minimum Gasteiger partial charge on any atom is -0.367 e. The highest BCUT2D eigenvalue weighted by Crippen LogP contribution is 2.26. The van der Waals surface area contributed by atoms with Gasteiger partial charge in [0.05, 0.1) is 5.69 Å². The Labute approximate surface area is 136 Å². The summed E-state index contributed by atoms with van der Waals surface area (Å²) < 4.78 is 23.4. The zero-order valence-corrected chi connectivity index (χ0v) is 13.7. The molecule has 2 N–H and O–H groups in total. The molecule has 7 heteroatoms. The summed E-state index contributed by atoms with van der Waals surface area (Å²) in [5.41, 5.74) is 0.615. The topological polar surface area (TPSA) is 83.7 Å². The average molecular weight is 335 g/mol. The number of benzene rings is 1. The van der Waals surface area contributed by atoms with Crippen molar-refractivity contribution in [3.63, 3.8) is 0 Å². The summed E-state index contributed by atoms with van der Waals surface area (Å²) in [6, 6.07) is 6.74. The summed E-state index contributed by atoms with van der Waals surface area (Å²) in [5.74, 6) is 0.285. The number of hydrogen-bond acceptors (Lipinski definition) is 4. The molecule has 1 aromatic carbocycles. The summed E-state index contributed by atoms with van der Waals surface area (Å²) in [5, 5.41) is 5.30. The van der Waals surface area contributed by atoms with Crippen LogP contribution >= 0.6 is 0 Å². The maximum atomic E-state index is 12.4. The van der Waals surface area contributed by atoms with Crippen LogP contribution in [0.15, 0.2) is 41.3 Å². The van der Waals surface area contributed by atoms with Gasteiger partial charge in [-0.25, -0.2) is 13.6 Å². The molecule has 1 aliphatic heterocycles. The molecule has 3 rings (SSSR count). The van der Waals surface area contributed by atoms with Gasteiger partial charge in [-0.15, -0.1) is 0 Å². The van der Waals surface area contributed by atoms with Gasteiger partial charge in [-0.05, 0) is 25.0 Å². The lowest BCUT2D eigenvalue weighted by atomic mass is 10.1. The van der Waals surface area contributed by atoms with E-state index in [1.54, 1.807) is 18.2 Å². The van der Waals surface area contributed by atoms with E-state index in [0.29, 0.717) is 31.9 Å². The number of sulfonamides is 1. The van der Waals surface area contributed by atoms with E-state index in [0.717, 1.165) is 12.8 Å². The number of para-hydroxylation sites is 1. The molecular weight excluding hydrogens is 314 g/mol. The molecule has 0 bridgehead atoms. The third kappa shape index (κ3) is 3.40. The van der Waals surface area contributed by atoms with Crippen molar-refractivity contribution in [2.24, 2.45) is 11.1 Å². The average Bonchev–Trinajstić information content (AvgIpc) is 3.08.